The van der Waals surface area contributed by atoms with Crippen molar-refractivity contribution in [2.24, 2.45) is 11.1 Å². The molecule has 0 aliphatic carbocycles. The molecular formula is C7H11N5OS2. The fourth-order valence-electron chi connectivity index (χ4n) is 0.864. The topological polar surface area (TPSA) is 93.8 Å². The Kier molecular flexibility index (Phi) is 3.64. The highest BCUT2D eigenvalue weighted by molar-refractivity contribution is 7.80. The Labute approximate surface area is 96.4 Å². The zero-order chi connectivity index (χ0) is 11.5. The Bertz CT molecular complexity index is 365. The van der Waals surface area contributed by atoms with Crippen molar-refractivity contribution in [2.75, 3.05) is 5.32 Å². The lowest BCUT2D eigenvalue weighted by molar-refractivity contribution is -0.121. The molecule has 0 aliphatic rings. The number of nitrogens with one attached hydrogen (secondary N) is 1. The molecule has 0 radical (unpaired) electrons. The number of aromatic nitrogens is 3. The van der Waals surface area contributed by atoms with E-state index in [0.717, 1.165) is 11.5 Å². The lowest BCUT2D eigenvalue weighted by Gasteiger charge is -2.24. The summed E-state index contributed by atoms with van der Waals surface area (Å²) in [5, 5.41) is 9.89. The summed E-state index contributed by atoms with van der Waals surface area (Å²) in [5.41, 5.74) is 4.67. The second-order valence-corrected chi connectivity index (χ2v) is 4.34. The van der Waals surface area contributed by atoms with Crippen molar-refractivity contribution >= 4 is 39.8 Å². The highest BCUT2D eigenvalue weighted by Gasteiger charge is 2.35. The fourth-order valence-corrected chi connectivity index (χ4v) is 1.46. The third-order valence-electron chi connectivity index (χ3n) is 2.27. The van der Waals surface area contributed by atoms with Crippen molar-refractivity contribution < 1.29 is 4.79 Å². The molecule has 3 N–H and O–H groups in total. The molecular weight excluding hydrogens is 234 g/mol. The number of carbonyl (C=O) groups is 1. The molecule has 1 heterocycles. The van der Waals surface area contributed by atoms with Crippen LogP contribution in [-0.2, 0) is 4.79 Å². The van der Waals surface area contributed by atoms with Gasteiger partial charge in [0.25, 0.3) is 0 Å². The van der Waals surface area contributed by atoms with Crippen LogP contribution in [0, 0.1) is 5.41 Å². The van der Waals surface area contributed by atoms with Crippen molar-refractivity contribution in [1.29, 1.82) is 0 Å². The molecule has 15 heavy (non-hydrogen) atoms. The van der Waals surface area contributed by atoms with Gasteiger partial charge in [-0.2, -0.15) is 0 Å². The number of hydrogen-bond donors (Lipinski definition) is 2. The maximum Gasteiger partial charge on any atom is 0.238 e. The molecule has 0 aliphatic heterocycles. The smallest absolute Gasteiger partial charge is 0.238 e. The number of rotatable bonds is 4. The maximum absolute atomic E-state index is 11.8. The van der Waals surface area contributed by atoms with Gasteiger partial charge < -0.3 is 5.73 Å². The van der Waals surface area contributed by atoms with Gasteiger partial charge in [-0.15, -0.1) is 0 Å². The largest absolute Gasteiger partial charge is 0.392 e. The highest BCUT2D eigenvalue weighted by Crippen LogP contribution is 2.23. The number of nitrogens with two attached hydrogens (primary N) is 1. The number of anilines is 1. The SMILES string of the molecule is CCC(C)(C(=O)Nc1nnns1)C(N)=S. The van der Waals surface area contributed by atoms with Gasteiger partial charge in [-0.25, -0.2) is 0 Å². The molecule has 6 nitrogen and oxygen atoms in total. The van der Waals surface area contributed by atoms with E-state index >= 15 is 0 Å². The predicted octanol–water partition coefficient (Wildman–Crippen LogP) is 0.574. The first-order valence-electron chi connectivity index (χ1n) is 4.27. The Hall–Kier alpha value is -1.15. The van der Waals surface area contributed by atoms with E-state index in [0.29, 0.717) is 11.6 Å². The van der Waals surface area contributed by atoms with Crippen molar-refractivity contribution in [1.82, 2.24) is 14.8 Å². The third kappa shape index (κ3) is 2.45. The number of carbonyl (C=O) groups excluding carboxylic acids is 1. The minimum absolute atomic E-state index is 0.167. The van der Waals surface area contributed by atoms with Crippen molar-refractivity contribution in [2.45, 2.75) is 20.3 Å². The van der Waals surface area contributed by atoms with Gasteiger partial charge in [-0.05, 0) is 18.6 Å². The van der Waals surface area contributed by atoms with Crippen molar-refractivity contribution in [3.63, 3.8) is 0 Å². The van der Waals surface area contributed by atoms with E-state index in [9.17, 15) is 4.79 Å². The normalized spacial score (nSPS) is 14.3. The molecule has 82 valence electrons. The Balaban J connectivity index is 2.79. The Morgan fingerprint density at radius 3 is 2.80 bits per heavy atom. The molecule has 1 aromatic rings. The van der Waals surface area contributed by atoms with E-state index in [1.54, 1.807) is 6.92 Å². The second kappa shape index (κ2) is 4.58. The van der Waals surface area contributed by atoms with E-state index in [2.05, 4.69) is 20.1 Å². The van der Waals surface area contributed by atoms with Gasteiger partial charge in [-0.3, -0.25) is 10.1 Å². The average molecular weight is 245 g/mol. The van der Waals surface area contributed by atoms with E-state index in [1.807, 2.05) is 6.92 Å². The molecule has 0 bridgehead atoms. The zero-order valence-corrected chi connectivity index (χ0v) is 9.98. The number of thiocarbonyl (C=S) groups is 1. The molecule has 0 saturated carbocycles. The molecule has 0 fully saturated rings. The third-order valence-corrected chi connectivity index (χ3v) is 3.23. The van der Waals surface area contributed by atoms with Gasteiger partial charge in [0.15, 0.2) is 0 Å². The van der Waals surface area contributed by atoms with Crippen LogP contribution < -0.4 is 11.1 Å². The summed E-state index contributed by atoms with van der Waals surface area (Å²) in [6.07, 6.45) is 0.528. The van der Waals surface area contributed by atoms with E-state index < -0.39 is 5.41 Å². The van der Waals surface area contributed by atoms with Crippen LogP contribution >= 0.6 is 23.8 Å². The quantitative estimate of drug-likeness (QED) is 0.753. The monoisotopic (exact) mass is 245 g/mol. The van der Waals surface area contributed by atoms with Crippen LogP contribution in [0.2, 0.25) is 0 Å². The zero-order valence-electron chi connectivity index (χ0n) is 8.35. The van der Waals surface area contributed by atoms with Crippen molar-refractivity contribution in [3.05, 3.63) is 0 Å². The summed E-state index contributed by atoms with van der Waals surface area (Å²) in [5.74, 6) is -0.281. The molecule has 0 saturated heterocycles. The van der Waals surface area contributed by atoms with Gasteiger partial charge in [-0.1, -0.05) is 28.7 Å². The van der Waals surface area contributed by atoms with Gasteiger partial charge >= 0.3 is 0 Å². The van der Waals surface area contributed by atoms with Crippen molar-refractivity contribution in [3.8, 4) is 0 Å². The first-order valence-corrected chi connectivity index (χ1v) is 5.45. The summed E-state index contributed by atoms with van der Waals surface area (Å²) in [4.78, 5) is 12.0. The summed E-state index contributed by atoms with van der Waals surface area (Å²) in [6.45, 7) is 3.54. The summed E-state index contributed by atoms with van der Waals surface area (Å²) in [7, 11) is 0. The summed E-state index contributed by atoms with van der Waals surface area (Å²) < 4.78 is 3.53. The first kappa shape index (κ1) is 11.9. The van der Waals surface area contributed by atoms with E-state index in [-0.39, 0.29) is 10.9 Å². The van der Waals surface area contributed by atoms with Crippen LogP contribution in [0.25, 0.3) is 0 Å². The second-order valence-electron chi connectivity index (χ2n) is 3.17. The van der Waals surface area contributed by atoms with E-state index in [4.69, 9.17) is 18.0 Å². The first-order chi connectivity index (χ1) is 7.00. The molecule has 1 unspecified atom stereocenters. The maximum atomic E-state index is 11.8. The molecule has 1 aromatic heterocycles. The van der Waals surface area contributed by atoms with Crippen LogP contribution in [0.4, 0.5) is 5.13 Å². The molecule has 1 amide bonds. The minimum Gasteiger partial charge on any atom is -0.392 e. The fraction of sp³-hybridized carbons (Fsp3) is 0.571. The highest BCUT2D eigenvalue weighted by atomic mass is 32.1. The number of hydrogen-bond acceptors (Lipinski definition) is 6. The van der Waals surface area contributed by atoms with Gasteiger partial charge in [0.2, 0.25) is 11.0 Å². The summed E-state index contributed by atoms with van der Waals surface area (Å²) in [6, 6.07) is 0. The number of nitrogens with zero attached hydrogens (tertiary/aromatic N) is 3. The van der Waals surface area contributed by atoms with E-state index in [1.165, 1.54) is 0 Å². The number of amides is 1. The summed E-state index contributed by atoms with van der Waals surface area (Å²) >= 11 is 5.87. The lowest BCUT2D eigenvalue weighted by Crippen LogP contribution is -2.43. The minimum atomic E-state index is -0.860. The van der Waals surface area contributed by atoms with Crippen LogP contribution in [0.1, 0.15) is 20.3 Å². The molecule has 1 rings (SSSR count). The standard InChI is InChI=1S/C7H11N5OS2/c1-3-7(2,4(8)14)5(13)9-6-10-11-12-15-6/h3H2,1-2H3,(H2,8,14)(H,9,10,12,13). The predicted molar refractivity (Wildman–Crippen MR) is 61.5 cm³/mol. The van der Waals surface area contributed by atoms with Gasteiger partial charge in [0.05, 0.1) is 10.4 Å². The molecule has 0 aromatic carbocycles. The molecule has 0 spiro atoms. The van der Waals surface area contributed by atoms with Gasteiger partial charge in [0, 0.05) is 11.5 Å². The molecule has 8 heteroatoms. The Morgan fingerprint density at radius 2 is 2.40 bits per heavy atom. The van der Waals surface area contributed by atoms with Crippen LogP contribution in [0.5, 0.6) is 0 Å². The lowest BCUT2D eigenvalue weighted by atomic mass is 9.86. The average Bonchev–Trinajstić information content (AvgIpc) is 2.68. The van der Waals surface area contributed by atoms with Gasteiger partial charge in [0.1, 0.15) is 0 Å². The van der Waals surface area contributed by atoms with Crippen LogP contribution in [0.3, 0.4) is 0 Å². The Morgan fingerprint density at radius 1 is 1.73 bits per heavy atom. The van der Waals surface area contributed by atoms with Crippen LogP contribution in [0.15, 0.2) is 0 Å². The van der Waals surface area contributed by atoms with Crippen LogP contribution in [-0.4, -0.2) is 25.7 Å². The molecule has 1 atom stereocenters.